The third-order valence-electron chi connectivity index (χ3n) is 12.2. The van der Waals surface area contributed by atoms with Gasteiger partial charge in [-0.05, 0) is 122 Å². The van der Waals surface area contributed by atoms with Crippen LogP contribution in [0.1, 0.15) is 94.5 Å². The summed E-state index contributed by atoms with van der Waals surface area (Å²) < 4.78 is 11.2. The number of phenolic OH excluding ortho intramolecular Hbond substituents is 2. The first-order chi connectivity index (χ1) is 30.0. The van der Waals surface area contributed by atoms with Crippen molar-refractivity contribution in [2.45, 2.75) is 69.2 Å². The van der Waals surface area contributed by atoms with Gasteiger partial charge in [-0.2, -0.15) is 0 Å². The first kappa shape index (κ1) is 43.1. The summed E-state index contributed by atoms with van der Waals surface area (Å²) in [5.41, 5.74) is 0.926. The number of aliphatic hydroxyl groups is 2. The van der Waals surface area contributed by atoms with Crippen LogP contribution >= 0.6 is 0 Å². The standard InChI is InChI=1S/C52H46O12/c1-19(2)35-27-15-25(9)39(47(57)41(27)29(45(55)49(35)59)17-31-43(53)37-23(7)11-21(5)13-33(37)63-51(31)61)40-26(10)16-28-36(20(3)4)50(60)46(56)30(42(28)48(40)58)18-32-44(54)38-24(8)12-22(6)14-34(38)64-52(32)62/h11-20,53-54,57-60H,1-10H3/b29-17-,30-18-. The summed E-state index contributed by atoms with van der Waals surface area (Å²) in [5.74, 6) is -6.10. The van der Waals surface area contributed by atoms with E-state index in [0.29, 0.717) is 22.3 Å². The Morgan fingerprint density at radius 3 is 1.12 bits per heavy atom. The smallest absolute Gasteiger partial charge is 0.347 e. The van der Waals surface area contributed by atoms with Gasteiger partial charge in [0.15, 0.2) is 11.5 Å². The second kappa shape index (κ2) is 15.0. The lowest BCUT2D eigenvalue weighted by atomic mass is 9.74. The molecule has 0 unspecified atom stereocenters. The molecule has 0 spiro atoms. The predicted molar refractivity (Wildman–Crippen MR) is 246 cm³/mol. The highest BCUT2D eigenvalue weighted by atomic mass is 16.4. The molecular formula is C52H46O12. The maximum atomic E-state index is 14.3. The molecule has 0 saturated heterocycles. The molecule has 0 amide bonds. The summed E-state index contributed by atoms with van der Waals surface area (Å²) in [4.78, 5) is 55.7. The molecule has 12 nitrogen and oxygen atoms in total. The number of aliphatic hydroxyl groups excluding tert-OH is 2. The lowest BCUT2D eigenvalue weighted by molar-refractivity contribution is -0.113. The summed E-state index contributed by atoms with van der Waals surface area (Å²) in [6, 6.07) is 10.0. The van der Waals surface area contributed by atoms with Crippen LogP contribution in [0.25, 0.3) is 67.5 Å². The van der Waals surface area contributed by atoms with Crippen molar-refractivity contribution in [1.29, 1.82) is 0 Å². The first-order valence-corrected chi connectivity index (χ1v) is 20.7. The number of ketones is 2. The average molecular weight is 863 g/mol. The Bertz CT molecular complexity index is 3190. The van der Waals surface area contributed by atoms with Crippen LogP contribution in [0.5, 0.6) is 23.0 Å². The number of carbonyl (C=O) groups is 2. The number of allylic oxidation sites excluding steroid dienone is 4. The molecule has 64 heavy (non-hydrogen) atoms. The number of aryl methyl sites for hydroxylation is 6. The predicted octanol–water partition coefficient (Wildman–Crippen LogP) is 10.3. The van der Waals surface area contributed by atoms with E-state index in [9.17, 15) is 49.8 Å². The largest absolute Gasteiger partial charge is 0.507 e. The molecule has 0 radical (unpaired) electrons. The number of Topliss-reactive ketones (excluding diaryl/α,β-unsaturated/α-hetero) is 2. The average Bonchev–Trinajstić information content (AvgIpc) is 3.18. The van der Waals surface area contributed by atoms with Crippen LogP contribution in [0.4, 0.5) is 0 Å². The van der Waals surface area contributed by atoms with E-state index in [0.717, 1.165) is 23.3 Å². The number of fused-ring (bicyclic) bond motifs is 4. The van der Waals surface area contributed by atoms with E-state index >= 15 is 0 Å². The zero-order chi connectivity index (χ0) is 46.7. The molecule has 2 aromatic heterocycles. The summed E-state index contributed by atoms with van der Waals surface area (Å²) in [6.45, 7) is 17.4. The van der Waals surface area contributed by atoms with Gasteiger partial charge in [0.05, 0.1) is 10.8 Å². The van der Waals surface area contributed by atoms with Gasteiger partial charge in [-0.25, -0.2) is 9.59 Å². The van der Waals surface area contributed by atoms with Gasteiger partial charge in [0.25, 0.3) is 0 Å². The Hall–Kier alpha value is -7.60. The second-order valence-electron chi connectivity index (χ2n) is 17.5. The third kappa shape index (κ3) is 6.34. The molecule has 0 aliphatic heterocycles. The van der Waals surface area contributed by atoms with Gasteiger partial charge < -0.3 is 39.5 Å². The van der Waals surface area contributed by atoms with Crippen LogP contribution in [0.2, 0.25) is 0 Å². The third-order valence-corrected chi connectivity index (χ3v) is 12.2. The van der Waals surface area contributed by atoms with Crippen molar-refractivity contribution in [2.24, 2.45) is 11.8 Å². The van der Waals surface area contributed by atoms with Gasteiger partial charge >= 0.3 is 11.3 Å². The number of phenols is 2. The monoisotopic (exact) mass is 862 g/mol. The van der Waals surface area contributed by atoms with E-state index < -0.39 is 80.3 Å². The van der Waals surface area contributed by atoms with Crippen molar-refractivity contribution >= 4 is 67.9 Å². The summed E-state index contributed by atoms with van der Waals surface area (Å²) in [6.07, 6.45) is 2.14. The Labute approximate surface area is 366 Å². The van der Waals surface area contributed by atoms with Crippen molar-refractivity contribution in [2.75, 3.05) is 0 Å². The quantitative estimate of drug-likeness (QED) is 0.0705. The highest BCUT2D eigenvalue weighted by Crippen LogP contribution is 2.54. The number of carbonyl (C=O) groups excluding carboxylic acids is 2. The molecule has 6 N–H and O–H groups in total. The number of hydrogen-bond donors (Lipinski definition) is 6. The lowest BCUT2D eigenvalue weighted by Gasteiger charge is -2.29. The molecule has 2 aliphatic rings. The van der Waals surface area contributed by atoms with E-state index in [-0.39, 0.29) is 77.6 Å². The molecule has 4 aromatic carbocycles. The van der Waals surface area contributed by atoms with Crippen molar-refractivity contribution in [1.82, 2.24) is 0 Å². The minimum atomic E-state index is -0.983. The fourth-order valence-electron chi connectivity index (χ4n) is 9.57. The minimum Gasteiger partial charge on any atom is -0.507 e. The molecule has 2 heterocycles. The summed E-state index contributed by atoms with van der Waals surface area (Å²) in [7, 11) is 0. The van der Waals surface area contributed by atoms with Crippen LogP contribution < -0.4 is 11.3 Å². The Morgan fingerprint density at radius 2 is 0.797 bits per heavy atom. The molecule has 0 bridgehead atoms. The number of rotatable bonds is 5. The highest BCUT2D eigenvalue weighted by molar-refractivity contribution is 6.38. The fraction of sp³-hybridized carbons (Fsp3) is 0.231. The first-order valence-electron chi connectivity index (χ1n) is 20.7. The Morgan fingerprint density at radius 1 is 0.453 bits per heavy atom. The zero-order valence-corrected chi connectivity index (χ0v) is 36.9. The van der Waals surface area contributed by atoms with E-state index in [1.165, 1.54) is 0 Å². The molecule has 0 atom stereocenters. The van der Waals surface area contributed by atoms with E-state index in [4.69, 9.17) is 8.83 Å². The molecule has 12 heteroatoms. The van der Waals surface area contributed by atoms with Crippen LogP contribution in [0.3, 0.4) is 0 Å². The van der Waals surface area contributed by atoms with Crippen molar-refractivity contribution in [3.05, 3.63) is 136 Å². The molecule has 326 valence electrons. The van der Waals surface area contributed by atoms with Crippen molar-refractivity contribution in [3.8, 4) is 34.1 Å². The second-order valence-corrected chi connectivity index (χ2v) is 17.5. The van der Waals surface area contributed by atoms with Crippen molar-refractivity contribution < 1.29 is 49.1 Å². The minimum absolute atomic E-state index is 0.0107. The zero-order valence-electron chi connectivity index (χ0n) is 36.9. The van der Waals surface area contributed by atoms with Crippen LogP contribution in [-0.4, -0.2) is 42.2 Å². The molecular weight excluding hydrogens is 817 g/mol. The Balaban J connectivity index is 1.45. The van der Waals surface area contributed by atoms with Crippen LogP contribution in [0, 0.1) is 53.4 Å². The van der Waals surface area contributed by atoms with Gasteiger partial charge in [-0.15, -0.1) is 0 Å². The highest BCUT2D eigenvalue weighted by Gasteiger charge is 2.39. The fourth-order valence-corrected chi connectivity index (χ4v) is 9.57. The normalized spacial score (nSPS) is 15.5. The molecule has 0 saturated carbocycles. The van der Waals surface area contributed by atoms with Gasteiger partial charge in [0.2, 0.25) is 11.6 Å². The van der Waals surface area contributed by atoms with Crippen molar-refractivity contribution in [3.63, 3.8) is 0 Å². The van der Waals surface area contributed by atoms with Gasteiger partial charge in [-0.1, -0.05) is 52.0 Å². The number of hydrogen-bond acceptors (Lipinski definition) is 12. The number of aromatic hydroxyl groups is 4. The maximum absolute atomic E-state index is 14.3. The molecule has 8 rings (SSSR count). The van der Waals surface area contributed by atoms with E-state index in [1.54, 1.807) is 106 Å². The van der Waals surface area contributed by atoms with E-state index in [2.05, 4.69) is 0 Å². The molecule has 0 fully saturated rings. The van der Waals surface area contributed by atoms with Crippen LogP contribution in [-0.2, 0) is 9.59 Å². The topological polar surface area (TPSA) is 216 Å². The van der Waals surface area contributed by atoms with Gasteiger partial charge in [-0.3, -0.25) is 9.59 Å². The Kier molecular flexibility index (Phi) is 10.1. The SMILES string of the molecule is Cc1cc(C)c2c(O)c(/C=C3\C(=O)C(O)=C(C(C)C)c4cc(C)c(-c5c(C)cc6c(c5O)/C(=C/c5c(O)c7c(C)cc(C)cc7oc5=O)C(=O)C(O)=C6C(C)C)c(O)c43)c(=O)oc2c1. The maximum Gasteiger partial charge on any atom is 0.347 e. The van der Waals surface area contributed by atoms with Gasteiger partial charge in [0, 0.05) is 44.5 Å². The lowest BCUT2D eigenvalue weighted by Crippen LogP contribution is -2.20. The van der Waals surface area contributed by atoms with Gasteiger partial charge in [0.1, 0.15) is 45.3 Å². The number of benzene rings is 4. The van der Waals surface area contributed by atoms with E-state index in [1.807, 2.05) is 0 Å². The molecule has 2 aliphatic carbocycles. The summed E-state index contributed by atoms with van der Waals surface area (Å²) >= 11 is 0. The summed E-state index contributed by atoms with van der Waals surface area (Å²) in [5, 5.41) is 71.8. The molecule has 6 aromatic rings. The van der Waals surface area contributed by atoms with Crippen LogP contribution in [0.15, 0.2) is 66.3 Å².